The average Bonchev–Trinajstić information content (AvgIpc) is 3.44. The Kier molecular flexibility index (Phi) is 5.98. The molecule has 4 rings (SSSR count). The molecule has 0 saturated carbocycles. The number of carbonyl (C=O) groups excluding carboxylic acids is 1. The number of benzene rings is 1. The third kappa shape index (κ3) is 4.45. The predicted molar refractivity (Wildman–Crippen MR) is 112 cm³/mol. The van der Waals surface area contributed by atoms with Crippen molar-refractivity contribution in [2.45, 2.75) is 31.2 Å². The summed E-state index contributed by atoms with van der Waals surface area (Å²) in [5.41, 5.74) is 0.263. The van der Waals surface area contributed by atoms with Gasteiger partial charge in [0.25, 0.3) is 5.91 Å². The molecule has 0 aliphatic carbocycles. The molecule has 3 aromatic rings. The second kappa shape index (κ2) is 8.66. The largest absolute Gasteiger partial charge is 0.343 e. The van der Waals surface area contributed by atoms with Crippen molar-refractivity contribution in [1.82, 2.24) is 19.8 Å². The van der Waals surface area contributed by atoms with Crippen LogP contribution in [0.25, 0.3) is 10.7 Å². The van der Waals surface area contributed by atoms with Gasteiger partial charge in [-0.2, -0.15) is 9.29 Å². The highest BCUT2D eigenvalue weighted by Gasteiger charge is 2.28. The minimum absolute atomic E-state index is 0.0538. The summed E-state index contributed by atoms with van der Waals surface area (Å²) < 4.78 is 32.5. The van der Waals surface area contributed by atoms with E-state index in [-0.39, 0.29) is 22.9 Å². The molecular weight excluding hydrogens is 424 g/mol. The lowest BCUT2D eigenvalue weighted by Gasteiger charge is -2.29. The van der Waals surface area contributed by atoms with Gasteiger partial charge in [0.1, 0.15) is 0 Å². The van der Waals surface area contributed by atoms with Gasteiger partial charge < -0.3 is 9.84 Å². The fourth-order valence-electron chi connectivity index (χ4n) is 3.26. The van der Waals surface area contributed by atoms with Crippen molar-refractivity contribution in [3.63, 3.8) is 0 Å². The molecule has 1 saturated heterocycles. The van der Waals surface area contributed by atoms with Crippen molar-refractivity contribution in [2.75, 3.05) is 13.1 Å². The van der Waals surface area contributed by atoms with Gasteiger partial charge in [0, 0.05) is 18.7 Å². The van der Waals surface area contributed by atoms with Crippen LogP contribution in [0.4, 0.5) is 0 Å². The Balaban J connectivity index is 1.42. The molecule has 0 bridgehead atoms. The Morgan fingerprint density at radius 2 is 2.07 bits per heavy atom. The van der Waals surface area contributed by atoms with Crippen molar-refractivity contribution in [1.29, 1.82) is 0 Å². The molecule has 3 heterocycles. The lowest BCUT2D eigenvalue weighted by Crippen LogP contribution is -2.38. The number of thiophene rings is 1. The van der Waals surface area contributed by atoms with Gasteiger partial charge in [-0.25, -0.2) is 8.42 Å². The van der Waals surface area contributed by atoms with E-state index in [1.807, 2.05) is 17.5 Å². The number of sulfonamides is 1. The van der Waals surface area contributed by atoms with Crippen molar-refractivity contribution < 1.29 is 17.7 Å². The molecule has 0 atom stereocenters. The molecule has 2 aromatic heterocycles. The van der Waals surface area contributed by atoms with Crippen LogP contribution in [-0.4, -0.2) is 41.9 Å². The first kappa shape index (κ1) is 20.7. The van der Waals surface area contributed by atoms with E-state index in [9.17, 15) is 13.2 Å². The van der Waals surface area contributed by atoms with Gasteiger partial charge in [0.15, 0.2) is 0 Å². The van der Waals surface area contributed by atoms with E-state index in [0.29, 0.717) is 24.8 Å². The standard InChI is InChI=1S/C20H22N4O4S2/c1-14-7-9-24(10-8-14)30(26,27)16-5-2-4-15(12-16)20(25)21-13-18-22-19(23-28-18)17-6-3-11-29-17/h2-6,11-12,14H,7-10,13H2,1H3,(H,21,25). The SMILES string of the molecule is CC1CCN(S(=O)(=O)c2cccc(C(=O)NCc3nc(-c4cccs4)no3)c2)CC1. The number of nitrogens with one attached hydrogen (secondary N) is 1. The number of rotatable bonds is 6. The van der Waals surface area contributed by atoms with Crippen molar-refractivity contribution in [3.8, 4) is 10.7 Å². The van der Waals surface area contributed by atoms with Gasteiger partial charge in [0.2, 0.25) is 21.7 Å². The molecule has 1 aliphatic heterocycles. The van der Waals surface area contributed by atoms with Gasteiger partial charge in [-0.3, -0.25) is 4.79 Å². The van der Waals surface area contributed by atoms with Crippen LogP contribution in [0, 0.1) is 5.92 Å². The molecule has 30 heavy (non-hydrogen) atoms. The highest BCUT2D eigenvalue weighted by atomic mass is 32.2. The van der Waals surface area contributed by atoms with Crippen LogP contribution < -0.4 is 5.32 Å². The molecule has 0 unspecified atom stereocenters. The first-order chi connectivity index (χ1) is 14.4. The topological polar surface area (TPSA) is 105 Å². The summed E-state index contributed by atoms with van der Waals surface area (Å²) in [5.74, 6) is 0.866. The Morgan fingerprint density at radius 1 is 1.27 bits per heavy atom. The normalized spacial score (nSPS) is 15.9. The number of nitrogens with zero attached hydrogens (tertiary/aromatic N) is 3. The van der Waals surface area contributed by atoms with E-state index in [0.717, 1.165) is 17.7 Å². The zero-order chi connectivity index (χ0) is 21.1. The molecule has 1 amide bonds. The zero-order valence-electron chi connectivity index (χ0n) is 16.4. The third-order valence-electron chi connectivity index (χ3n) is 5.09. The minimum atomic E-state index is -3.62. The lowest BCUT2D eigenvalue weighted by atomic mass is 10.0. The first-order valence-corrected chi connectivity index (χ1v) is 12.0. The summed E-state index contributed by atoms with van der Waals surface area (Å²) in [6, 6.07) is 9.87. The van der Waals surface area contributed by atoms with Gasteiger partial charge in [-0.15, -0.1) is 11.3 Å². The molecule has 1 fully saturated rings. The van der Waals surface area contributed by atoms with Crippen LogP contribution in [0.15, 0.2) is 51.2 Å². The molecule has 10 heteroatoms. The maximum atomic E-state index is 12.9. The molecule has 1 aromatic carbocycles. The lowest BCUT2D eigenvalue weighted by molar-refractivity contribution is 0.0946. The van der Waals surface area contributed by atoms with Crippen molar-refractivity contribution >= 4 is 27.3 Å². The molecule has 158 valence electrons. The van der Waals surface area contributed by atoms with Gasteiger partial charge in [0.05, 0.1) is 16.3 Å². The van der Waals surface area contributed by atoms with Crippen molar-refractivity contribution in [2.24, 2.45) is 5.92 Å². The zero-order valence-corrected chi connectivity index (χ0v) is 18.1. The fraction of sp³-hybridized carbons (Fsp3) is 0.350. The summed E-state index contributed by atoms with van der Waals surface area (Å²) >= 11 is 1.49. The summed E-state index contributed by atoms with van der Waals surface area (Å²) in [6.07, 6.45) is 1.69. The molecule has 8 nitrogen and oxygen atoms in total. The van der Waals surface area contributed by atoms with Gasteiger partial charge >= 0.3 is 0 Å². The maximum absolute atomic E-state index is 12.9. The van der Waals surface area contributed by atoms with E-state index in [1.165, 1.54) is 27.8 Å². The van der Waals surface area contributed by atoms with E-state index in [2.05, 4.69) is 22.4 Å². The first-order valence-electron chi connectivity index (χ1n) is 9.68. The summed E-state index contributed by atoms with van der Waals surface area (Å²) in [6.45, 7) is 3.19. The quantitative estimate of drug-likeness (QED) is 0.624. The molecule has 0 spiro atoms. The van der Waals surface area contributed by atoms with Crippen LogP contribution in [-0.2, 0) is 16.6 Å². The number of aromatic nitrogens is 2. The Hall–Kier alpha value is -2.56. The smallest absolute Gasteiger partial charge is 0.251 e. The van der Waals surface area contributed by atoms with Crippen LogP contribution in [0.5, 0.6) is 0 Å². The Morgan fingerprint density at radius 3 is 2.80 bits per heavy atom. The molecular formula is C20H22N4O4S2. The fourth-order valence-corrected chi connectivity index (χ4v) is 5.43. The monoisotopic (exact) mass is 446 g/mol. The number of hydrogen-bond donors (Lipinski definition) is 1. The van der Waals surface area contributed by atoms with Crippen LogP contribution in [0.1, 0.15) is 36.0 Å². The Labute approximate surface area is 179 Å². The highest BCUT2D eigenvalue weighted by molar-refractivity contribution is 7.89. The van der Waals surface area contributed by atoms with Gasteiger partial charge in [-0.1, -0.05) is 24.2 Å². The summed E-state index contributed by atoms with van der Waals surface area (Å²) in [5, 5.41) is 8.51. The number of carbonyl (C=O) groups is 1. The van der Waals surface area contributed by atoms with E-state index in [4.69, 9.17) is 4.52 Å². The van der Waals surface area contributed by atoms with E-state index < -0.39 is 15.9 Å². The number of hydrogen-bond acceptors (Lipinski definition) is 7. The van der Waals surface area contributed by atoms with Crippen LogP contribution in [0.3, 0.4) is 0 Å². The second-order valence-electron chi connectivity index (χ2n) is 7.29. The molecule has 1 aliphatic rings. The highest BCUT2D eigenvalue weighted by Crippen LogP contribution is 2.24. The number of amides is 1. The van der Waals surface area contributed by atoms with Crippen molar-refractivity contribution in [3.05, 3.63) is 53.2 Å². The second-order valence-corrected chi connectivity index (χ2v) is 10.2. The van der Waals surface area contributed by atoms with Crippen LogP contribution in [0.2, 0.25) is 0 Å². The van der Waals surface area contributed by atoms with E-state index >= 15 is 0 Å². The third-order valence-corrected chi connectivity index (χ3v) is 7.85. The molecule has 1 N–H and O–H groups in total. The molecule has 0 radical (unpaired) electrons. The Bertz CT molecular complexity index is 1120. The van der Waals surface area contributed by atoms with Gasteiger partial charge in [-0.05, 0) is 48.4 Å². The summed E-state index contributed by atoms with van der Waals surface area (Å²) in [4.78, 5) is 17.8. The predicted octanol–water partition coefficient (Wildman–Crippen LogP) is 3.15. The van der Waals surface area contributed by atoms with E-state index in [1.54, 1.807) is 12.1 Å². The van der Waals surface area contributed by atoms with Crippen LogP contribution >= 0.6 is 11.3 Å². The maximum Gasteiger partial charge on any atom is 0.251 e. The number of piperidine rings is 1. The minimum Gasteiger partial charge on any atom is -0.343 e. The average molecular weight is 447 g/mol. The summed E-state index contributed by atoms with van der Waals surface area (Å²) in [7, 11) is -3.62.